The first-order chi connectivity index (χ1) is 11.1. The molecular formula is C13H26N6O4. The van der Waals surface area contributed by atoms with Gasteiger partial charge in [-0.1, -0.05) is 0 Å². The first-order valence-corrected chi connectivity index (χ1v) is 7.71. The number of nitrogens with zero attached hydrogens (tertiary/aromatic N) is 2. The Hall–Kier alpha value is -1.96. The average molecular weight is 330 g/mol. The van der Waals surface area contributed by atoms with Crippen molar-refractivity contribution in [2.75, 3.05) is 39.3 Å². The Morgan fingerprint density at radius 3 is 1.91 bits per heavy atom. The predicted octanol–water partition coefficient (Wildman–Crippen LogP) is -0.885. The van der Waals surface area contributed by atoms with Gasteiger partial charge in [0.2, 0.25) is 0 Å². The molecule has 0 fully saturated rings. The number of rotatable bonds is 14. The summed E-state index contributed by atoms with van der Waals surface area (Å²) < 4.78 is 0. The summed E-state index contributed by atoms with van der Waals surface area (Å²) in [5, 5.41) is 29.8. The van der Waals surface area contributed by atoms with E-state index in [1.54, 1.807) is 0 Å². The SMILES string of the molecule is NCCCNCCCCNCCCNC#CC([N+](=O)[O-])[N+](=O)[O-]. The minimum absolute atomic E-state index is 0.517. The molecule has 0 aromatic rings. The summed E-state index contributed by atoms with van der Waals surface area (Å²) in [7, 11) is 0. The molecular weight excluding hydrogens is 304 g/mol. The van der Waals surface area contributed by atoms with Crippen molar-refractivity contribution in [3.8, 4) is 12.0 Å². The first-order valence-electron chi connectivity index (χ1n) is 7.71. The van der Waals surface area contributed by atoms with Crippen molar-refractivity contribution >= 4 is 0 Å². The molecule has 23 heavy (non-hydrogen) atoms. The van der Waals surface area contributed by atoms with E-state index in [9.17, 15) is 20.2 Å². The van der Waals surface area contributed by atoms with E-state index in [0.29, 0.717) is 13.1 Å². The molecule has 0 spiro atoms. The number of nitrogens with two attached hydrogens (primary N) is 1. The fraction of sp³-hybridized carbons (Fsp3) is 0.846. The van der Waals surface area contributed by atoms with E-state index in [-0.39, 0.29) is 0 Å². The van der Waals surface area contributed by atoms with Gasteiger partial charge in [-0.25, -0.2) is 0 Å². The van der Waals surface area contributed by atoms with E-state index >= 15 is 0 Å². The third kappa shape index (κ3) is 13.4. The van der Waals surface area contributed by atoms with Crippen molar-refractivity contribution < 1.29 is 9.85 Å². The summed E-state index contributed by atoms with van der Waals surface area (Å²) in [6.07, 6.45) is 1.89. The summed E-state index contributed by atoms with van der Waals surface area (Å²) in [5.41, 5.74) is 5.39. The van der Waals surface area contributed by atoms with Crippen molar-refractivity contribution in [2.24, 2.45) is 5.73 Å². The molecule has 10 nitrogen and oxygen atoms in total. The molecule has 10 heteroatoms. The second-order valence-electron chi connectivity index (χ2n) is 4.84. The van der Waals surface area contributed by atoms with Gasteiger partial charge < -0.3 is 21.7 Å². The summed E-state index contributed by atoms with van der Waals surface area (Å²) in [6, 6.07) is 2.26. The van der Waals surface area contributed by atoms with Crippen LogP contribution in [0.25, 0.3) is 0 Å². The van der Waals surface area contributed by atoms with Crippen LogP contribution >= 0.6 is 0 Å². The number of nitro groups is 2. The molecule has 0 unspecified atom stereocenters. The van der Waals surface area contributed by atoms with Gasteiger partial charge in [0.1, 0.15) is 9.85 Å². The standard InChI is InChI=1S/C13H26N6O4/c14-6-3-9-15-7-1-2-8-16-10-4-11-17-12-5-13(18(20)21)19(22)23/h13,15-17H,1-4,6-11,14H2. The topological polar surface area (TPSA) is 148 Å². The minimum atomic E-state index is -2.07. The molecule has 0 aliphatic carbocycles. The van der Waals surface area contributed by atoms with Gasteiger partial charge in [0, 0.05) is 12.6 Å². The van der Waals surface area contributed by atoms with Crippen LogP contribution in [-0.4, -0.2) is 55.3 Å². The molecule has 0 amide bonds. The lowest BCUT2D eigenvalue weighted by atomic mass is 10.3. The molecule has 0 saturated heterocycles. The maximum absolute atomic E-state index is 10.3. The minimum Gasteiger partial charge on any atom is -0.345 e. The van der Waals surface area contributed by atoms with E-state index in [1.807, 2.05) is 5.92 Å². The maximum Gasteiger partial charge on any atom is 0.514 e. The largest absolute Gasteiger partial charge is 0.514 e. The maximum atomic E-state index is 10.3. The second-order valence-corrected chi connectivity index (χ2v) is 4.84. The molecule has 0 aliphatic heterocycles. The molecule has 5 N–H and O–H groups in total. The molecule has 0 aromatic heterocycles. The van der Waals surface area contributed by atoms with Crippen LogP contribution in [-0.2, 0) is 0 Å². The van der Waals surface area contributed by atoms with Gasteiger partial charge in [0.15, 0.2) is 0 Å². The zero-order valence-corrected chi connectivity index (χ0v) is 13.3. The van der Waals surface area contributed by atoms with Crippen LogP contribution in [0.15, 0.2) is 0 Å². The van der Waals surface area contributed by atoms with Crippen LogP contribution < -0.4 is 21.7 Å². The quantitative estimate of drug-likeness (QED) is 0.0800. The highest BCUT2D eigenvalue weighted by atomic mass is 16.7. The van der Waals surface area contributed by atoms with Gasteiger partial charge in [-0.15, -0.1) is 0 Å². The van der Waals surface area contributed by atoms with E-state index in [1.165, 1.54) is 0 Å². The monoisotopic (exact) mass is 330 g/mol. The molecule has 0 saturated carbocycles. The number of hydrogen-bond donors (Lipinski definition) is 4. The van der Waals surface area contributed by atoms with Crippen LogP contribution in [0.5, 0.6) is 0 Å². The van der Waals surface area contributed by atoms with Crippen molar-refractivity contribution in [3.63, 3.8) is 0 Å². The van der Waals surface area contributed by atoms with Crippen LogP contribution in [0.4, 0.5) is 0 Å². The van der Waals surface area contributed by atoms with Gasteiger partial charge in [0.25, 0.3) is 0 Å². The molecule has 0 rings (SSSR count). The highest BCUT2D eigenvalue weighted by Crippen LogP contribution is 1.88. The molecule has 0 aliphatic rings. The summed E-state index contributed by atoms with van der Waals surface area (Å²) in [6.45, 7) is 4.91. The Balaban J connectivity index is 3.40. The van der Waals surface area contributed by atoms with Crippen LogP contribution in [0.1, 0.15) is 25.7 Å². The molecule has 0 aromatic carbocycles. The third-order valence-corrected chi connectivity index (χ3v) is 2.86. The number of unbranched alkanes of at least 4 members (excludes halogenated alkanes) is 1. The Morgan fingerprint density at radius 2 is 1.39 bits per heavy atom. The summed E-state index contributed by atoms with van der Waals surface area (Å²) in [5.74, 6) is 1.96. The van der Waals surface area contributed by atoms with Gasteiger partial charge in [-0.2, -0.15) is 0 Å². The van der Waals surface area contributed by atoms with E-state index in [0.717, 1.165) is 51.9 Å². The van der Waals surface area contributed by atoms with Crippen molar-refractivity contribution in [3.05, 3.63) is 20.2 Å². The molecule has 0 radical (unpaired) electrons. The first kappa shape index (κ1) is 21.0. The van der Waals surface area contributed by atoms with Crippen LogP contribution in [0, 0.1) is 32.2 Å². The van der Waals surface area contributed by atoms with Gasteiger partial charge >= 0.3 is 6.17 Å². The van der Waals surface area contributed by atoms with E-state index in [2.05, 4.69) is 22.0 Å². The lowest BCUT2D eigenvalue weighted by Crippen LogP contribution is -2.27. The molecule has 132 valence electrons. The van der Waals surface area contributed by atoms with Crippen molar-refractivity contribution in [2.45, 2.75) is 31.8 Å². The Kier molecular flexibility index (Phi) is 13.7. The number of nitrogens with one attached hydrogen (secondary N) is 3. The van der Waals surface area contributed by atoms with Crippen molar-refractivity contribution in [1.29, 1.82) is 0 Å². The summed E-state index contributed by atoms with van der Waals surface area (Å²) in [4.78, 5) is 18.6. The average Bonchev–Trinajstić information content (AvgIpc) is 2.50. The van der Waals surface area contributed by atoms with Gasteiger partial charge in [-0.3, -0.25) is 20.2 Å². The molecule has 0 atom stereocenters. The molecule has 0 heterocycles. The summed E-state index contributed by atoms with van der Waals surface area (Å²) >= 11 is 0. The van der Waals surface area contributed by atoms with E-state index in [4.69, 9.17) is 5.73 Å². The van der Waals surface area contributed by atoms with Gasteiger partial charge in [0.05, 0.1) is 5.92 Å². The zero-order chi connectivity index (χ0) is 17.3. The Morgan fingerprint density at radius 1 is 0.870 bits per heavy atom. The fourth-order valence-electron chi connectivity index (χ4n) is 1.64. The van der Waals surface area contributed by atoms with Crippen LogP contribution in [0.2, 0.25) is 0 Å². The predicted molar refractivity (Wildman–Crippen MR) is 86.8 cm³/mol. The highest BCUT2D eigenvalue weighted by Gasteiger charge is 2.28. The lowest BCUT2D eigenvalue weighted by molar-refractivity contribution is -0.724. The smallest absolute Gasteiger partial charge is 0.345 e. The third-order valence-electron chi connectivity index (χ3n) is 2.86. The zero-order valence-electron chi connectivity index (χ0n) is 13.3. The number of hydrogen-bond acceptors (Lipinski definition) is 8. The normalized spacial score (nSPS) is 10.2. The lowest BCUT2D eigenvalue weighted by Gasteiger charge is -2.05. The Labute approximate surface area is 135 Å². The van der Waals surface area contributed by atoms with Gasteiger partial charge in [-0.05, 0) is 58.4 Å². The Bertz CT molecular complexity index is 382. The van der Waals surface area contributed by atoms with Crippen LogP contribution in [0.3, 0.4) is 0 Å². The second kappa shape index (κ2) is 15.0. The molecule has 0 bridgehead atoms. The highest BCUT2D eigenvalue weighted by molar-refractivity contribution is 4.99. The van der Waals surface area contributed by atoms with E-state index < -0.39 is 16.0 Å². The fourth-order valence-corrected chi connectivity index (χ4v) is 1.64. The van der Waals surface area contributed by atoms with Crippen molar-refractivity contribution in [1.82, 2.24) is 16.0 Å².